The van der Waals surface area contributed by atoms with Crippen LogP contribution in [-0.4, -0.2) is 61.2 Å². The summed E-state index contributed by atoms with van der Waals surface area (Å²) in [7, 11) is 1.35. The van der Waals surface area contributed by atoms with Crippen molar-refractivity contribution in [1.29, 1.82) is 0 Å². The molecule has 0 bridgehead atoms. The molecule has 0 radical (unpaired) electrons. The maximum atomic E-state index is 12.6. The number of ether oxygens (including phenoxy) is 2. The van der Waals surface area contributed by atoms with Crippen LogP contribution in [0.5, 0.6) is 5.75 Å². The van der Waals surface area contributed by atoms with Crippen LogP contribution < -0.4 is 4.74 Å². The van der Waals surface area contributed by atoms with Gasteiger partial charge in [-0.3, -0.25) is 4.79 Å². The highest BCUT2D eigenvalue weighted by Gasteiger charge is 2.26. The first kappa shape index (κ1) is 18.7. The minimum absolute atomic E-state index is 0.146. The van der Waals surface area contributed by atoms with E-state index in [1.807, 2.05) is 0 Å². The standard InChI is InChI=1S/C16H20Cl2N2O4/c1-11(24-14-5-4-12(17)10-13(14)18)15(21)19-6-3-7-20(9-8-19)16(22)23-2/h4-5,10-11H,3,6-9H2,1-2H3. The molecule has 1 aromatic carbocycles. The molecule has 2 amide bonds. The summed E-state index contributed by atoms with van der Waals surface area (Å²) in [5.74, 6) is 0.264. The van der Waals surface area contributed by atoms with Gasteiger partial charge in [0, 0.05) is 31.2 Å². The third-order valence-electron chi connectivity index (χ3n) is 3.79. The van der Waals surface area contributed by atoms with E-state index in [1.54, 1.807) is 34.9 Å². The Bertz CT molecular complexity index is 612. The van der Waals surface area contributed by atoms with Gasteiger partial charge in [0.25, 0.3) is 5.91 Å². The van der Waals surface area contributed by atoms with Crippen molar-refractivity contribution in [2.75, 3.05) is 33.3 Å². The second-order valence-electron chi connectivity index (χ2n) is 5.47. The van der Waals surface area contributed by atoms with Crippen LogP contribution in [-0.2, 0) is 9.53 Å². The normalized spacial score (nSPS) is 16.3. The third kappa shape index (κ3) is 4.68. The molecule has 1 aliphatic rings. The predicted molar refractivity (Wildman–Crippen MR) is 91.7 cm³/mol. The van der Waals surface area contributed by atoms with Gasteiger partial charge in [-0.25, -0.2) is 4.79 Å². The minimum atomic E-state index is -0.687. The molecule has 2 rings (SSSR count). The third-order valence-corrected chi connectivity index (χ3v) is 4.32. The van der Waals surface area contributed by atoms with Crippen LogP contribution in [0.15, 0.2) is 18.2 Å². The van der Waals surface area contributed by atoms with Crippen LogP contribution in [0.1, 0.15) is 13.3 Å². The highest BCUT2D eigenvalue weighted by Crippen LogP contribution is 2.28. The monoisotopic (exact) mass is 374 g/mol. The summed E-state index contributed by atoms with van der Waals surface area (Å²) in [6, 6.07) is 4.85. The van der Waals surface area contributed by atoms with Crippen molar-refractivity contribution < 1.29 is 19.1 Å². The van der Waals surface area contributed by atoms with Gasteiger partial charge >= 0.3 is 6.09 Å². The van der Waals surface area contributed by atoms with E-state index in [0.29, 0.717) is 48.4 Å². The van der Waals surface area contributed by atoms with Gasteiger partial charge in [-0.05, 0) is 31.5 Å². The molecule has 0 N–H and O–H groups in total. The second-order valence-corrected chi connectivity index (χ2v) is 6.31. The van der Waals surface area contributed by atoms with Gasteiger partial charge in [0.05, 0.1) is 12.1 Å². The number of rotatable bonds is 3. The molecule has 1 fully saturated rings. The van der Waals surface area contributed by atoms with Crippen LogP contribution in [0.4, 0.5) is 4.79 Å². The average Bonchev–Trinajstić information content (AvgIpc) is 2.82. The van der Waals surface area contributed by atoms with Crippen molar-refractivity contribution >= 4 is 35.2 Å². The molecule has 24 heavy (non-hydrogen) atoms. The van der Waals surface area contributed by atoms with Crippen molar-refractivity contribution in [3.63, 3.8) is 0 Å². The summed E-state index contributed by atoms with van der Waals surface area (Å²) in [5.41, 5.74) is 0. The fourth-order valence-corrected chi connectivity index (χ4v) is 2.97. The van der Waals surface area contributed by atoms with Crippen LogP contribution >= 0.6 is 23.2 Å². The van der Waals surface area contributed by atoms with Gasteiger partial charge in [0.1, 0.15) is 5.75 Å². The lowest BCUT2D eigenvalue weighted by Gasteiger charge is -2.25. The van der Waals surface area contributed by atoms with E-state index in [-0.39, 0.29) is 12.0 Å². The van der Waals surface area contributed by atoms with Gasteiger partial charge < -0.3 is 19.3 Å². The molecule has 0 saturated carbocycles. The van der Waals surface area contributed by atoms with Gasteiger partial charge in [-0.15, -0.1) is 0 Å². The maximum absolute atomic E-state index is 12.6. The van der Waals surface area contributed by atoms with E-state index in [0.717, 1.165) is 0 Å². The van der Waals surface area contributed by atoms with Gasteiger partial charge in [-0.2, -0.15) is 0 Å². The van der Waals surface area contributed by atoms with E-state index in [4.69, 9.17) is 32.7 Å². The number of hydrogen-bond donors (Lipinski definition) is 0. The zero-order valence-electron chi connectivity index (χ0n) is 13.6. The Hall–Kier alpha value is -1.66. The lowest BCUT2D eigenvalue weighted by Crippen LogP contribution is -2.43. The first-order chi connectivity index (χ1) is 11.4. The van der Waals surface area contributed by atoms with Crippen molar-refractivity contribution in [3.8, 4) is 5.75 Å². The Labute approximate surface area is 151 Å². The number of halogens is 2. The first-order valence-corrected chi connectivity index (χ1v) is 8.41. The SMILES string of the molecule is COC(=O)N1CCCN(C(=O)C(C)Oc2ccc(Cl)cc2Cl)CC1. The Balaban J connectivity index is 1.96. The molecular formula is C16H20Cl2N2O4. The van der Waals surface area contributed by atoms with Crippen LogP contribution in [0, 0.1) is 0 Å². The van der Waals surface area contributed by atoms with Crippen LogP contribution in [0.25, 0.3) is 0 Å². The molecule has 8 heteroatoms. The molecule has 1 aromatic rings. The summed E-state index contributed by atoms with van der Waals surface area (Å²) in [6.07, 6.45) is -0.371. The average molecular weight is 375 g/mol. The van der Waals surface area contributed by atoms with E-state index in [9.17, 15) is 9.59 Å². The fraction of sp³-hybridized carbons (Fsp3) is 0.500. The summed E-state index contributed by atoms with van der Waals surface area (Å²) >= 11 is 11.9. The van der Waals surface area contributed by atoms with E-state index in [2.05, 4.69) is 0 Å². The molecule has 1 unspecified atom stereocenters. The van der Waals surface area contributed by atoms with Gasteiger partial charge in [0.2, 0.25) is 0 Å². The van der Waals surface area contributed by atoms with Crippen molar-refractivity contribution in [1.82, 2.24) is 9.80 Å². The van der Waals surface area contributed by atoms with Crippen LogP contribution in [0.2, 0.25) is 10.0 Å². The Morgan fingerprint density at radius 3 is 2.46 bits per heavy atom. The minimum Gasteiger partial charge on any atom is -0.479 e. The van der Waals surface area contributed by atoms with Crippen LogP contribution in [0.3, 0.4) is 0 Å². The highest BCUT2D eigenvalue weighted by molar-refractivity contribution is 6.35. The molecule has 1 heterocycles. The fourth-order valence-electron chi connectivity index (χ4n) is 2.52. The Kier molecular flexibility index (Phi) is 6.57. The highest BCUT2D eigenvalue weighted by atomic mass is 35.5. The topological polar surface area (TPSA) is 59.1 Å². The lowest BCUT2D eigenvalue weighted by atomic mass is 10.3. The Morgan fingerprint density at radius 1 is 1.12 bits per heavy atom. The van der Waals surface area contributed by atoms with Crippen molar-refractivity contribution in [2.24, 2.45) is 0 Å². The molecule has 1 aliphatic heterocycles. The summed E-state index contributed by atoms with van der Waals surface area (Å²) < 4.78 is 10.4. The number of methoxy groups -OCH3 is 1. The van der Waals surface area contributed by atoms with E-state index in [1.165, 1.54) is 7.11 Å². The maximum Gasteiger partial charge on any atom is 0.409 e. The molecule has 1 atom stereocenters. The van der Waals surface area contributed by atoms with Crippen molar-refractivity contribution in [2.45, 2.75) is 19.4 Å². The second kappa shape index (κ2) is 8.44. The number of amides is 2. The van der Waals surface area contributed by atoms with Gasteiger partial charge in [0.15, 0.2) is 6.10 Å². The number of nitrogens with zero attached hydrogens (tertiary/aromatic N) is 2. The number of carbonyl (C=O) groups excluding carboxylic acids is 2. The molecule has 6 nitrogen and oxygen atoms in total. The lowest BCUT2D eigenvalue weighted by molar-refractivity contribution is -0.137. The largest absolute Gasteiger partial charge is 0.479 e. The molecular weight excluding hydrogens is 355 g/mol. The smallest absolute Gasteiger partial charge is 0.409 e. The molecule has 0 aromatic heterocycles. The number of carbonyl (C=O) groups is 2. The zero-order valence-corrected chi connectivity index (χ0v) is 15.1. The first-order valence-electron chi connectivity index (χ1n) is 7.65. The molecule has 0 spiro atoms. The Morgan fingerprint density at radius 2 is 1.79 bits per heavy atom. The molecule has 0 aliphatic carbocycles. The van der Waals surface area contributed by atoms with E-state index < -0.39 is 6.10 Å². The summed E-state index contributed by atoms with van der Waals surface area (Å²) in [4.78, 5) is 27.4. The van der Waals surface area contributed by atoms with Crippen molar-refractivity contribution in [3.05, 3.63) is 28.2 Å². The predicted octanol–water partition coefficient (Wildman–Crippen LogP) is 3.06. The summed E-state index contributed by atoms with van der Waals surface area (Å²) in [6.45, 7) is 3.68. The zero-order chi connectivity index (χ0) is 17.7. The molecule has 1 saturated heterocycles. The van der Waals surface area contributed by atoms with E-state index >= 15 is 0 Å². The summed E-state index contributed by atoms with van der Waals surface area (Å²) in [5, 5.41) is 0.858. The number of benzene rings is 1. The quantitative estimate of drug-likeness (QED) is 0.815. The molecule has 132 valence electrons. The number of hydrogen-bond acceptors (Lipinski definition) is 4. The van der Waals surface area contributed by atoms with Gasteiger partial charge in [-0.1, -0.05) is 23.2 Å².